The van der Waals surface area contributed by atoms with Crippen molar-refractivity contribution in [2.75, 3.05) is 6.54 Å². The molecule has 0 aromatic heterocycles. The molecule has 4 heteroatoms. The summed E-state index contributed by atoms with van der Waals surface area (Å²) in [7, 11) is 0. The first kappa shape index (κ1) is 8.49. The van der Waals surface area contributed by atoms with Crippen molar-refractivity contribution in [3.63, 3.8) is 0 Å². The third-order valence-electron chi connectivity index (χ3n) is 1.72. The molecule has 0 saturated carbocycles. The molecule has 0 spiro atoms. The van der Waals surface area contributed by atoms with Gasteiger partial charge in [0.2, 0.25) is 0 Å². The lowest BCUT2D eigenvalue weighted by Crippen LogP contribution is -2.33. The van der Waals surface area contributed by atoms with Crippen molar-refractivity contribution in [2.45, 2.75) is 31.5 Å². The number of rotatable bonds is 2. The fourth-order valence-electron chi connectivity index (χ4n) is 1.22. The Morgan fingerprint density at radius 3 is 3.00 bits per heavy atom. The highest BCUT2D eigenvalue weighted by molar-refractivity contribution is 5.70. The van der Waals surface area contributed by atoms with E-state index in [0.717, 1.165) is 0 Å². The average molecular weight is 159 g/mol. The SMILES string of the molecule is NCC[C@@H]1C[C@@H](O)CC(=O)O1. The molecule has 0 aliphatic carbocycles. The third kappa shape index (κ3) is 2.48. The van der Waals surface area contributed by atoms with E-state index in [9.17, 15) is 4.79 Å². The van der Waals surface area contributed by atoms with Crippen molar-refractivity contribution < 1.29 is 14.6 Å². The molecule has 1 saturated heterocycles. The molecule has 0 aromatic rings. The number of carbonyl (C=O) groups excluding carboxylic acids is 1. The summed E-state index contributed by atoms with van der Waals surface area (Å²) in [6, 6.07) is 0. The van der Waals surface area contributed by atoms with Crippen LogP contribution in [0.2, 0.25) is 0 Å². The van der Waals surface area contributed by atoms with Crippen LogP contribution in [0.5, 0.6) is 0 Å². The van der Waals surface area contributed by atoms with Gasteiger partial charge in [-0.1, -0.05) is 0 Å². The van der Waals surface area contributed by atoms with E-state index in [-0.39, 0.29) is 18.5 Å². The fourth-order valence-corrected chi connectivity index (χ4v) is 1.22. The van der Waals surface area contributed by atoms with Crippen molar-refractivity contribution in [3.8, 4) is 0 Å². The second-order valence-corrected chi connectivity index (χ2v) is 2.78. The molecular formula is C7H13NO3. The maximum Gasteiger partial charge on any atom is 0.308 e. The molecule has 1 aliphatic heterocycles. The topological polar surface area (TPSA) is 72.5 Å². The average Bonchev–Trinajstić information content (AvgIpc) is 1.85. The number of nitrogens with two attached hydrogens (primary N) is 1. The molecule has 11 heavy (non-hydrogen) atoms. The maximum absolute atomic E-state index is 10.7. The molecule has 0 unspecified atom stereocenters. The molecular weight excluding hydrogens is 146 g/mol. The van der Waals surface area contributed by atoms with E-state index in [1.165, 1.54) is 0 Å². The summed E-state index contributed by atoms with van der Waals surface area (Å²) >= 11 is 0. The molecule has 64 valence electrons. The molecule has 0 radical (unpaired) electrons. The van der Waals surface area contributed by atoms with Gasteiger partial charge in [-0.2, -0.15) is 0 Å². The first-order valence-corrected chi connectivity index (χ1v) is 3.80. The van der Waals surface area contributed by atoms with Crippen LogP contribution in [-0.2, 0) is 9.53 Å². The molecule has 3 N–H and O–H groups in total. The summed E-state index contributed by atoms with van der Waals surface area (Å²) in [6.45, 7) is 0.491. The minimum absolute atomic E-state index is 0.126. The van der Waals surface area contributed by atoms with E-state index in [1.807, 2.05) is 0 Å². The Labute approximate surface area is 65.3 Å². The smallest absolute Gasteiger partial charge is 0.308 e. The Balaban J connectivity index is 2.36. The van der Waals surface area contributed by atoms with Crippen LogP contribution in [0.25, 0.3) is 0 Å². The zero-order valence-corrected chi connectivity index (χ0v) is 6.32. The van der Waals surface area contributed by atoms with Crippen LogP contribution in [0.15, 0.2) is 0 Å². The van der Waals surface area contributed by atoms with Crippen molar-refractivity contribution in [3.05, 3.63) is 0 Å². The summed E-state index contributed by atoms with van der Waals surface area (Å²) in [6.07, 6.45) is 0.594. The molecule has 1 fully saturated rings. The van der Waals surface area contributed by atoms with Gasteiger partial charge < -0.3 is 15.6 Å². The third-order valence-corrected chi connectivity index (χ3v) is 1.72. The maximum atomic E-state index is 10.7. The number of cyclic esters (lactones) is 1. The minimum Gasteiger partial charge on any atom is -0.462 e. The number of hydrogen-bond donors (Lipinski definition) is 2. The Hall–Kier alpha value is -0.610. The van der Waals surface area contributed by atoms with E-state index in [0.29, 0.717) is 19.4 Å². The van der Waals surface area contributed by atoms with Gasteiger partial charge in [-0.3, -0.25) is 4.79 Å². The van der Waals surface area contributed by atoms with Gasteiger partial charge in [-0.05, 0) is 13.0 Å². The summed E-state index contributed by atoms with van der Waals surface area (Å²) in [5, 5.41) is 9.13. The van der Waals surface area contributed by atoms with E-state index < -0.39 is 6.10 Å². The predicted molar refractivity (Wildman–Crippen MR) is 38.8 cm³/mol. The van der Waals surface area contributed by atoms with Gasteiger partial charge in [0, 0.05) is 6.42 Å². The normalized spacial score (nSPS) is 31.6. The highest BCUT2D eigenvalue weighted by Crippen LogP contribution is 2.16. The monoisotopic (exact) mass is 159 g/mol. The van der Waals surface area contributed by atoms with Crippen molar-refractivity contribution in [2.24, 2.45) is 5.73 Å². The van der Waals surface area contributed by atoms with E-state index >= 15 is 0 Å². The Morgan fingerprint density at radius 1 is 1.73 bits per heavy atom. The molecule has 4 nitrogen and oxygen atoms in total. The van der Waals surface area contributed by atoms with Gasteiger partial charge in [-0.25, -0.2) is 0 Å². The molecule has 1 aliphatic rings. The first-order chi connectivity index (χ1) is 5.22. The van der Waals surface area contributed by atoms with E-state index in [1.54, 1.807) is 0 Å². The van der Waals surface area contributed by atoms with Gasteiger partial charge in [0.25, 0.3) is 0 Å². The first-order valence-electron chi connectivity index (χ1n) is 3.80. The summed E-state index contributed by atoms with van der Waals surface area (Å²) in [5.74, 6) is -0.317. The van der Waals surface area contributed by atoms with Gasteiger partial charge in [0.05, 0.1) is 12.5 Å². The summed E-state index contributed by atoms with van der Waals surface area (Å²) in [5.41, 5.74) is 5.28. The second-order valence-electron chi connectivity index (χ2n) is 2.78. The van der Waals surface area contributed by atoms with Crippen LogP contribution in [0, 0.1) is 0 Å². The van der Waals surface area contributed by atoms with Crippen molar-refractivity contribution in [1.29, 1.82) is 0 Å². The molecule has 2 atom stereocenters. The standard InChI is InChI=1S/C7H13NO3/c8-2-1-6-3-5(9)4-7(10)11-6/h5-6,9H,1-4,8H2/t5-,6-/m1/s1. The van der Waals surface area contributed by atoms with Crippen molar-refractivity contribution >= 4 is 5.97 Å². The van der Waals surface area contributed by atoms with Gasteiger partial charge in [0.1, 0.15) is 6.10 Å². The second kappa shape index (κ2) is 3.69. The van der Waals surface area contributed by atoms with Crippen LogP contribution < -0.4 is 5.73 Å². The van der Waals surface area contributed by atoms with Crippen LogP contribution in [-0.4, -0.2) is 29.8 Å². The van der Waals surface area contributed by atoms with Crippen LogP contribution in [0.3, 0.4) is 0 Å². The molecule has 0 bridgehead atoms. The van der Waals surface area contributed by atoms with Crippen LogP contribution in [0.1, 0.15) is 19.3 Å². The Kier molecular flexibility index (Phi) is 2.84. The molecule has 0 amide bonds. The lowest BCUT2D eigenvalue weighted by molar-refractivity contribution is -0.160. The zero-order chi connectivity index (χ0) is 8.27. The zero-order valence-electron chi connectivity index (χ0n) is 6.32. The minimum atomic E-state index is -0.534. The highest BCUT2D eigenvalue weighted by Gasteiger charge is 2.26. The quantitative estimate of drug-likeness (QED) is 0.528. The lowest BCUT2D eigenvalue weighted by Gasteiger charge is -2.25. The number of ether oxygens (including phenoxy) is 1. The molecule has 1 rings (SSSR count). The number of aliphatic hydroxyl groups excluding tert-OH is 1. The van der Waals surface area contributed by atoms with Crippen molar-refractivity contribution in [1.82, 2.24) is 0 Å². The summed E-state index contributed by atoms with van der Waals surface area (Å²) in [4.78, 5) is 10.7. The number of carbonyl (C=O) groups is 1. The Bertz CT molecular complexity index is 149. The van der Waals surface area contributed by atoms with E-state index in [4.69, 9.17) is 15.6 Å². The van der Waals surface area contributed by atoms with Gasteiger partial charge in [0.15, 0.2) is 0 Å². The fraction of sp³-hybridized carbons (Fsp3) is 0.857. The number of aliphatic hydroxyl groups is 1. The molecule has 0 aromatic carbocycles. The van der Waals surface area contributed by atoms with Crippen LogP contribution in [0.4, 0.5) is 0 Å². The van der Waals surface area contributed by atoms with E-state index in [2.05, 4.69) is 0 Å². The van der Waals surface area contributed by atoms with Crippen LogP contribution >= 0.6 is 0 Å². The summed E-state index contributed by atoms with van der Waals surface area (Å²) < 4.78 is 4.92. The predicted octanol–water partition coefficient (Wildman–Crippen LogP) is -0.598. The van der Waals surface area contributed by atoms with Gasteiger partial charge >= 0.3 is 5.97 Å². The largest absolute Gasteiger partial charge is 0.462 e. The molecule has 1 heterocycles. The van der Waals surface area contributed by atoms with Gasteiger partial charge in [-0.15, -0.1) is 0 Å². The highest BCUT2D eigenvalue weighted by atomic mass is 16.5. The number of esters is 1. The lowest BCUT2D eigenvalue weighted by atomic mass is 10.0. The Morgan fingerprint density at radius 2 is 2.45 bits per heavy atom. The number of hydrogen-bond acceptors (Lipinski definition) is 4.